The van der Waals surface area contributed by atoms with Gasteiger partial charge in [-0.05, 0) is 48.8 Å². The molecule has 0 fully saturated rings. The Morgan fingerprint density at radius 1 is 1.57 bits per heavy atom. The third-order valence-corrected chi connectivity index (χ3v) is 2.71. The van der Waals surface area contributed by atoms with Gasteiger partial charge < -0.3 is 14.8 Å². The van der Waals surface area contributed by atoms with Crippen molar-refractivity contribution in [2.24, 2.45) is 0 Å². The summed E-state index contributed by atoms with van der Waals surface area (Å²) in [6.07, 6.45) is 2.16. The highest BCUT2D eigenvalue weighted by atomic mass is 79.9. The maximum Gasteiger partial charge on any atom is 0.134 e. The fraction of sp³-hybridized carbons (Fsp3) is 0.600. The van der Waals surface area contributed by atoms with Crippen molar-refractivity contribution in [3.05, 3.63) is 22.6 Å². The zero-order valence-corrected chi connectivity index (χ0v) is 10.0. The van der Waals surface area contributed by atoms with Crippen LogP contribution in [0.4, 0.5) is 0 Å². The second-order valence-electron chi connectivity index (χ2n) is 3.45. The van der Waals surface area contributed by atoms with Crippen LogP contribution in [0.1, 0.15) is 32.1 Å². The Bertz CT molecular complexity index is 273. The highest BCUT2D eigenvalue weighted by Gasteiger charge is 2.11. The summed E-state index contributed by atoms with van der Waals surface area (Å²) in [6.45, 7) is 4.60. The summed E-state index contributed by atoms with van der Waals surface area (Å²) in [6, 6.07) is 2.04. The molecule has 0 amide bonds. The second kappa shape index (κ2) is 5.53. The molecule has 2 unspecified atom stereocenters. The summed E-state index contributed by atoms with van der Waals surface area (Å²) in [5, 5.41) is 12.4. The minimum atomic E-state index is -0.255. The van der Waals surface area contributed by atoms with Gasteiger partial charge in [0, 0.05) is 0 Å². The quantitative estimate of drug-likeness (QED) is 0.856. The van der Waals surface area contributed by atoms with Gasteiger partial charge in [0.1, 0.15) is 5.76 Å². The lowest BCUT2D eigenvalue weighted by atomic mass is 10.2. The zero-order valence-electron chi connectivity index (χ0n) is 8.46. The number of rotatable bonds is 5. The third kappa shape index (κ3) is 3.44. The van der Waals surface area contributed by atoms with Gasteiger partial charge in [-0.15, -0.1) is 0 Å². The van der Waals surface area contributed by atoms with Gasteiger partial charge in [0.15, 0.2) is 0 Å². The van der Waals surface area contributed by atoms with Crippen LogP contribution in [-0.2, 0) is 0 Å². The van der Waals surface area contributed by atoms with Crippen molar-refractivity contribution < 1.29 is 9.52 Å². The summed E-state index contributed by atoms with van der Waals surface area (Å²) < 4.78 is 6.29. The first kappa shape index (κ1) is 11.8. The van der Waals surface area contributed by atoms with Crippen LogP contribution in [0.2, 0.25) is 0 Å². The summed E-state index contributed by atoms with van der Waals surface area (Å²) in [5.74, 6) is 0.899. The Labute approximate surface area is 92.6 Å². The molecule has 0 aromatic carbocycles. The number of aliphatic hydroxyl groups is 1. The van der Waals surface area contributed by atoms with Crippen LogP contribution >= 0.6 is 15.9 Å². The molecule has 14 heavy (non-hydrogen) atoms. The van der Waals surface area contributed by atoms with Gasteiger partial charge in [0.05, 0.1) is 22.9 Å². The first-order valence-corrected chi connectivity index (χ1v) is 5.55. The van der Waals surface area contributed by atoms with E-state index in [2.05, 4.69) is 21.2 Å². The standard InChI is InChI=1S/C10H16BrNO2/c1-7(13)3-5-12-8(2)10-9(11)4-6-14-10/h4,6-8,12-13H,3,5H2,1-2H3. The lowest BCUT2D eigenvalue weighted by molar-refractivity contribution is 0.182. The van der Waals surface area contributed by atoms with Gasteiger partial charge >= 0.3 is 0 Å². The van der Waals surface area contributed by atoms with E-state index < -0.39 is 0 Å². The molecule has 0 radical (unpaired) electrons. The van der Waals surface area contributed by atoms with Crippen LogP contribution in [0, 0.1) is 0 Å². The lowest BCUT2D eigenvalue weighted by Gasteiger charge is -2.12. The highest BCUT2D eigenvalue weighted by Crippen LogP contribution is 2.23. The Morgan fingerprint density at radius 2 is 2.29 bits per heavy atom. The monoisotopic (exact) mass is 261 g/mol. The average Bonchev–Trinajstić information content (AvgIpc) is 2.50. The maximum atomic E-state index is 9.08. The lowest BCUT2D eigenvalue weighted by Crippen LogP contribution is -2.22. The third-order valence-electron chi connectivity index (χ3n) is 2.05. The molecule has 0 bridgehead atoms. The molecule has 0 aliphatic carbocycles. The van der Waals surface area contributed by atoms with Gasteiger partial charge in [0.2, 0.25) is 0 Å². The van der Waals surface area contributed by atoms with Gasteiger partial charge in [-0.25, -0.2) is 0 Å². The molecule has 0 spiro atoms. The zero-order chi connectivity index (χ0) is 10.6. The van der Waals surface area contributed by atoms with Crippen molar-refractivity contribution in [2.45, 2.75) is 32.4 Å². The molecule has 2 N–H and O–H groups in total. The molecule has 0 aliphatic rings. The minimum absolute atomic E-state index is 0.165. The fourth-order valence-electron chi connectivity index (χ4n) is 1.22. The van der Waals surface area contributed by atoms with Crippen LogP contribution in [0.5, 0.6) is 0 Å². The van der Waals surface area contributed by atoms with Crippen molar-refractivity contribution in [3.63, 3.8) is 0 Å². The van der Waals surface area contributed by atoms with Gasteiger partial charge in [0.25, 0.3) is 0 Å². The molecule has 1 heterocycles. The van der Waals surface area contributed by atoms with E-state index in [1.165, 1.54) is 0 Å². The molecule has 1 aromatic heterocycles. The van der Waals surface area contributed by atoms with E-state index in [4.69, 9.17) is 9.52 Å². The Balaban J connectivity index is 2.36. The van der Waals surface area contributed by atoms with Crippen LogP contribution in [0.15, 0.2) is 21.2 Å². The molecule has 3 nitrogen and oxygen atoms in total. The molecule has 80 valence electrons. The smallest absolute Gasteiger partial charge is 0.134 e. The minimum Gasteiger partial charge on any atom is -0.466 e. The predicted octanol–water partition coefficient (Wildman–Crippen LogP) is 2.46. The summed E-state index contributed by atoms with van der Waals surface area (Å²) >= 11 is 3.40. The topological polar surface area (TPSA) is 45.4 Å². The molecule has 1 aromatic rings. The van der Waals surface area contributed by atoms with E-state index in [-0.39, 0.29) is 12.1 Å². The van der Waals surface area contributed by atoms with Gasteiger partial charge in [-0.1, -0.05) is 0 Å². The largest absolute Gasteiger partial charge is 0.466 e. The molecule has 1 rings (SSSR count). The SMILES string of the molecule is CC(O)CCNC(C)c1occc1Br. The summed E-state index contributed by atoms with van der Waals surface area (Å²) in [7, 11) is 0. The molecule has 0 aliphatic heterocycles. The molecular weight excluding hydrogens is 246 g/mol. The fourth-order valence-corrected chi connectivity index (χ4v) is 1.76. The number of hydrogen-bond donors (Lipinski definition) is 2. The summed E-state index contributed by atoms with van der Waals surface area (Å²) in [5.41, 5.74) is 0. The van der Waals surface area contributed by atoms with E-state index in [0.29, 0.717) is 0 Å². The van der Waals surface area contributed by atoms with Crippen LogP contribution in [0.3, 0.4) is 0 Å². The van der Waals surface area contributed by atoms with E-state index >= 15 is 0 Å². The molecule has 4 heteroatoms. The first-order chi connectivity index (χ1) is 6.61. The van der Waals surface area contributed by atoms with Crippen LogP contribution in [0.25, 0.3) is 0 Å². The highest BCUT2D eigenvalue weighted by molar-refractivity contribution is 9.10. The molecule has 2 atom stereocenters. The van der Waals surface area contributed by atoms with E-state index in [1.54, 1.807) is 13.2 Å². The van der Waals surface area contributed by atoms with E-state index in [9.17, 15) is 0 Å². The van der Waals surface area contributed by atoms with Crippen molar-refractivity contribution in [1.82, 2.24) is 5.32 Å². The van der Waals surface area contributed by atoms with Gasteiger partial charge in [-0.3, -0.25) is 0 Å². The molecule has 0 saturated heterocycles. The van der Waals surface area contributed by atoms with Crippen molar-refractivity contribution >= 4 is 15.9 Å². The average molecular weight is 262 g/mol. The van der Waals surface area contributed by atoms with Crippen LogP contribution < -0.4 is 5.32 Å². The second-order valence-corrected chi connectivity index (χ2v) is 4.30. The number of nitrogens with one attached hydrogen (secondary N) is 1. The van der Waals surface area contributed by atoms with Crippen molar-refractivity contribution in [1.29, 1.82) is 0 Å². The molecular formula is C10H16BrNO2. The normalized spacial score (nSPS) is 15.4. The van der Waals surface area contributed by atoms with Crippen LogP contribution in [-0.4, -0.2) is 17.8 Å². The Kier molecular flexibility index (Phi) is 4.65. The maximum absolute atomic E-state index is 9.08. The number of halogens is 1. The van der Waals surface area contributed by atoms with Gasteiger partial charge in [-0.2, -0.15) is 0 Å². The summed E-state index contributed by atoms with van der Waals surface area (Å²) in [4.78, 5) is 0. The number of aliphatic hydroxyl groups excluding tert-OH is 1. The van der Waals surface area contributed by atoms with E-state index in [1.807, 2.05) is 13.0 Å². The first-order valence-electron chi connectivity index (χ1n) is 4.75. The number of furan rings is 1. The van der Waals surface area contributed by atoms with Crippen molar-refractivity contribution in [3.8, 4) is 0 Å². The Hall–Kier alpha value is -0.320. The Morgan fingerprint density at radius 3 is 2.79 bits per heavy atom. The predicted molar refractivity (Wildman–Crippen MR) is 59.1 cm³/mol. The molecule has 0 saturated carbocycles. The van der Waals surface area contributed by atoms with E-state index in [0.717, 1.165) is 23.2 Å². The number of hydrogen-bond acceptors (Lipinski definition) is 3. The van der Waals surface area contributed by atoms with Crippen molar-refractivity contribution in [2.75, 3.05) is 6.54 Å².